The van der Waals surface area contributed by atoms with E-state index in [1.807, 2.05) is 0 Å². The fourth-order valence-corrected chi connectivity index (χ4v) is 4.16. The van der Waals surface area contributed by atoms with E-state index in [1.165, 1.54) is 58.2 Å². The van der Waals surface area contributed by atoms with Gasteiger partial charge in [0.2, 0.25) is 0 Å². The van der Waals surface area contributed by atoms with E-state index >= 15 is 0 Å². The standard InChI is InChI=1S/C18H36N2/c1-5-19-17-10-11-18(3,4)12-16(17)14-20(6-2)13-15-8-7-9-15/h15-17,19H,5-14H2,1-4H3. The molecule has 0 spiro atoms. The van der Waals surface area contributed by atoms with Crippen molar-refractivity contribution in [1.29, 1.82) is 0 Å². The normalized spacial score (nSPS) is 30.4. The molecule has 0 aromatic heterocycles. The fourth-order valence-electron chi connectivity index (χ4n) is 4.16. The van der Waals surface area contributed by atoms with Gasteiger partial charge in [-0.25, -0.2) is 0 Å². The van der Waals surface area contributed by atoms with E-state index in [1.54, 1.807) is 0 Å². The highest BCUT2D eigenvalue weighted by molar-refractivity contribution is 4.90. The maximum Gasteiger partial charge on any atom is 0.0108 e. The third-order valence-electron chi connectivity index (χ3n) is 5.66. The van der Waals surface area contributed by atoms with Crippen LogP contribution in [-0.2, 0) is 0 Å². The zero-order valence-electron chi connectivity index (χ0n) is 14.3. The van der Waals surface area contributed by atoms with Crippen LogP contribution in [0.1, 0.15) is 66.2 Å². The SMILES string of the molecule is CCNC1CCC(C)(C)CC1CN(CC)CC1CCC1. The summed E-state index contributed by atoms with van der Waals surface area (Å²) in [7, 11) is 0. The molecule has 2 rings (SSSR count). The molecule has 2 aliphatic rings. The molecule has 2 nitrogen and oxygen atoms in total. The Morgan fingerprint density at radius 1 is 1.10 bits per heavy atom. The van der Waals surface area contributed by atoms with E-state index in [9.17, 15) is 0 Å². The minimum Gasteiger partial charge on any atom is -0.314 e. The molecule has 0 aliphatic heterocycles. The molecule has 0 aromatic rings. The zero-order chi connectivity index (χ0) is 14.6. The second-order valence-corrected chi connectivity index (χ2v) is 7.98. The van der Waals surface area contributed by atoms with Crippen LogP contribution in [0, 0.1) is 17.3 Å². The van der Waals surface area contributed by atoms with Crippen LogP contribution in [0.3, 0.4) is 0 Å². The van der Waals surface area contributed by atoms with Gasteiger partial charge in [0, 0.05) is 19.1 Å². The monoisotopic (exact) mass is 280 g/mol. The van der Waals surface area contributed by atoms with Gasteiger partial charge in [-0.3, -0.25) is 0 Å². The molecule has 20 heavy (non-hydrogen) atoms. The molecule has 2 atom stereocenters. The Balaban J connectivity index is 1.90. The summed E-state index contributed by atoms with van der Waals surface area (Å²) in [5.74, 6) is 1.85. The lowest BCUT2D eigenvalue weighted by atomic mass is 9.69. The van der Waals surface area contributed by atoms with E-state index in [-0.39, 0.29) is 0 Å². The quantitative estimate of drug-likeness (QED) is 0.760. The third-order valence-corrected chi connectivity index (χ3v) is 5.66. The molecule has 2 saturated carbocycles. The van der Waals surface area contributed by atoms with Crippen molar-refractivity contribution in [3.8, 4) is 0 Å². The topological polar surface area (TPSA) is 15.3 Å². The molecule has 0 heterocycles. The van der Waals surface area contributed by atoms with Gasteiger partial charge >= 0.3 is 0 Å². The second kappa shape index (κ2) is 7.26. The predicted octanol–water partition coefficient (Wildman–Crippen LogP) is 3.91. The van der Waals surface area contributed by atoms with Crippen LogP contribution in [0.5, 0.6) is 0 Å². The number of hydrogen-bond acceptors (Lipinski definition) is 2. The summed E-state index contributed by atoms with van der Waals surface area (Å²) in [6.07, 6.45) is 8.57. The van der Waals surface area contributed by atoms with Gasteiger partial charge in [-0.2, -0.15) is 0 Å². The Hall–Kier alpha value is -0.0800. The van der Waals surface area contributed by atoms with Crippen molar-refractivity contribution in [2.75, 3.05) is 26.2 Å². The predicted molar refractivity (Wildman–Crippen MR) is 88.0 cm³/mol. The number of rotatable bonds is 7. The van der Waals surface area contributed by atoms with Crippen molar-refractivity contribution in [1.82, 2.24) is 10.2 Å². The van der Waals surface area contributed by atoms with Crippen molar-refractivity contribution in [3.05, 3.63) is 0 Å². The first kappa shape index (κ1) is 16.3. The summed E-state index contributed by atoms with van der Waals surface area (Å²) in [6, 6.07) is 0.753. The lowest BCUT2D eigenvalue weighted by molar-refractivity contribution is 0.0875. The highest BCUT2D eigenvalue weighted by Crippen LogP contribution is 2.39. The summed E-state index contributed by atoms with van der Waals surface area (Å²) in [5, 5.41) is 3.76. The van der Waals surface area contributed by atoms with Gasteiger partial charge < -0.3 is 10.2 Å². The number of nitrogens with one attached hydrogen (secondary N) is 1. The maximum absolute atomic E-state index is 3.76. The van der Waals surface area contributed by atoms with Crippen molar-refractivity contribution < 1.29 is 0 Å². The van der Waals surface area contributed by atoms with Crippen LogP contribution in [0.2, 0.25) is 0 Å². The average molecular weight is 280 g/mol. The third kappa shape index (κ3) is 4.46. The Bertz CT molecular complexity index is 283. The molecule has 0 bridgehead atoms. The smallest absolute Gasteiger partial charge is 0.0108 e. The molecular formula is C18H36N2. The lowest BCUT2D eigenvalue weighted by Crippen LogP contribution is -2.48. The van der Waals surface area contributed by atoms with E-state index < -0.39 is 0 Å². The van der Waals surface area contributed by atoms with Crippen molar-refractivity contribution in [2.45, 2.75) is 72.3 Å². The Morgan fingerprint density at radius 2 is 1.85 bits per heavy atom. The molecule has 2 aliphatic carbocycles. The van der Waals surface area contributed by atoms with Gasteiger partial charge in [0.25, 0.3) is 0 Å². The minimum atomic E-state index is 0.548. The molecule has 0 radical (unpaired) electrons. The molecule has 2 unspecified atom stereocenters. The maximum atomic E-state index is 3.76. The summed E-state index contributed by atoms with van der Waals surface area (Å²) < 4.78 is 0. The van der Waals surface area contributed by atoms with E-state index in [0.29, 0.717) is 5.41 Å². The van der Waals surface area contributed by atoms with Crippen LogP contribution >= 0.6 is 0 Å². The van der Waals surface area contributed by atoms with Crippen LogP contribution < -0.4 is 5.32 Å². The first-order chi connectivity index (χ1) is 9.54. The van der Waals surface area contributed by atoms with Gasteiger partial charge in [0.05, 0.1) is 0 Å². The van der Waals surface area contributed by atoms with Crippen LogP contribution in [0.25, 0.3) is 0 Å². The van der Waals surface area contributed by atoms with E-state index in [2.05, 4.69) is 37.9 Å². The van der Waals surface area contributed by atoms with Crippen molar-refractivity contribution in [3.63, 3.8) is 0 Å². The van der Waals surface area contributed by atoms with Crippen LogP contribution in [0.15, 0.2) is 0 Å². The summed E-state index contributed by atoms with van der Waals surface area (Å²) in [6.45, 7) is 14.5. The summed E-state index contributed by atoms with van der Waals surface area (Å²) >= 11 is 0. The summed E-state index contributed by atoms with van der Waals surface area (Å²) in [5.41, 5.74) is 0.548. The lowest BCUT2D eigenvalue weighted by Gasteiger charge is -2.44. The van der Waals surface area contributed by atoms with E-state index in [4.69, 9.17) is 0 Å². The Labute approximate surface area is 126 Å². The molecule has 0 amide bonds. The minimum absolute atomic E-state index is 0.548. The van der Waals surface area contributed by atoms with E-state index in [0.717, 1.165) is 24.4 Å². The van der Waals surface area contributed by atoms with Gasteiger partial charge in [-0.15, -0.1) is 0 Å². The zero-order valence-corrected chi connectivity index (χ0v) is 14.3. The molecular weight excluding hydrogens is 244 g/mol. The van der Waals surface area contributed by atoms with Gasteiger partial charge in [0.15, 0.2) is 0 Å². The molecule has 0 aromatic carbocycles. The summed E-state index contributed by atoms with van der Waals surface area (Å²) in [4.78, 5) is 2.74. The first-order valence-electron chi connectivity index (χ1n) is 9.00. The Kier molecular flexibility index (Phi) is 5.92. The van der Waals surface area contributed by atoms with Crippen molar-refractivity contribution >= 4 is 0 Å². The second-order valence-electron chi connectivity index (χ2n) is 7.98. The average Bonchev–Trinajstić information content (AvgIpc) is 2.35. The van der Waals surface area contributed by atoms with Gasteiger partial charge in [-0.05, 0) is 62.4 Å². The largest absolute Gasteiger partial charge is 0.314 e. The van der Waals surface area contributed by atoms with Crippen molar-refractivity contribution in [2.24, 2.45) is 17.3 Å². The fraction of sp³-hybridized carbons (Fsp3) is 1.00. The number of hydrogen-bond donors (Lipinski definition) is 1. The molecule has 0 saturated heterocycles. The van der Waals surface area contributed by atoms with Gasteiger partial charge in [-0.1, -0.05) is 34.1 Å². The number of nitrogens with zero attached hydrogens (tertiary/aromatic N) is 1. The first-order valence-corrected chi connectivity index (χ1v) is 9.00. The highest BCUT2D eigenvalue weighted by atomic mass is 15.1. The van der Waals surface area contributed by atoms with Gasteiger partial charge in [0.1, 0.15) is 0 Å². The molecule has 2 fully saturated rings. The Morgan fingerprint density at radius 3 is 2.40 bits per heavy atom. The molecule has 118 valence electrons. The van der Waals surface area contributed by atoms with Crippen LogP contribution in [-0.4, -0.2) is 37.1 Å². The molecule has 1 N–H and O–H groups in total. The molecule has 2 heteroatoms. The highest BCUT2D eigenvalue weighted by Gasteiger charge is 2.35. The van der Waals surface area contributed by atoms with Crippen LogP contribution in [0.4, 0.5) is 0 Å².